The number of nitrogens with zero attached hydrogens (tertiary/aromatic N) is 1. The van der Waals surface area contributed by atoms with Gasteiger partial charge >= 0.3 is 0 Å². The molecule has 0 bridgehead atoms. The van der Waals surface area contributed by atoms with Crippen molar-refractivity contribution in [2.45, 2.75) is 0 Å². The number of nitrogens with one attached hydrogen (secondary N) is 1. The van der Waals surface area contributed by atoms with Gasteiger partial charge in [0.25, 0.3) is 11.4 Å². The molecule has 0 fully saturated rings. The highest BCUT2D eigenvalue weighted by Crippen LogP contribution is 2.15. The average molecular weight is 206 g/mol. The molecular weight excluding hydrogens is 199 g/mol. The Labute approximate surface area is 84.0 Å². The molecule has 2 rings (SSSR count). The van der Waals surface area contributed by atoms with Gasteiger partial charge in [0.05, 0.1) is 0 Å². The zero-order chi connectivity index (χ0) is 10.8. The molecule has 0 saturated heterocycles. The van der Waals surface area contributed by atoms with Crippen molar-refractivity contribution in [1.82, 2.24) is 9.97 Å². The summed E-state index contributed by atoms with van der Waals surface area (Å²) in [5.41, 5.74) is -0.383. The minimum Gasteiger partial charge on any atom is -0.491 e. The lowest BCUT2D eigenvalue weighted by Gasteiger charge is -2.00. The molecule has 2 aromatic rings. The summed E-state index contributed by atoms with van der Waals surface area (Å²) in [7, 11) is 0. The van der Waals surface area contributed by atoms with Crippen LogP contribution in [0.3, 0.4) is 0 Å². The molecule has 0 amide bonds. The van der Waals surface area contributed by atoms with Crippen molar-refractivity contribution in [3.8, 4) is 17.3 Å². The van der Waals surface area contributed by atoms with Gasteiger partial charge in [0.2, 0.25) is 5.82 Å². The third-order valence-electron chi connectivity index (χ3n) is 1.89. The van der Waals surface area contributed by atoms with E-state index in [9.17, 15) is 9.18 Å². The van der Waals surface area contributed by atoms with Gasteiger partial charge in [-0.25, -0.2) is 0 Å². The number of H-pyrrole nitrogens is 1. The Hall–Kier alpha value is -2.17. The minimum absolute atomic E-state index is 0.138. The fraction of sp³-hybridized carbons (Fsp3) is 0. The van der Waals surface area contributed by atoms with Crippen molar-refractivity contribution in [2.24, 2.45) is 0 Å². The first kappa shape index (κ1) is 9.39. The number of aromatic nitrogens is 2. The number of hydrogen-bond donors (Lipinski definition) is 2. The van der Waals surface area contributed by atoms with Gasteiger partial charge in [-0.15, -0.1) is 0 Å². The second kappa shape index (κ2) is 3.53. The standard InChI is InChI=1S/C10H7FN2O2/c11-7-9(14)12-8(13-10(7)15)6-4-2-1-3-5-6/h1-5H,(H2,12,13,14,15). The maximum absolute atomic E-state index is 12.8. The SMILES string of the molecule is O=c1[nH]c(-c2ccccc2)nc(O)c1F. The molecule has 15 heavy (non-hydrogen) atoms. The maximum Gasteiger partial charge on any atom is 0.291 e. The number of rotatable bonds is 1. The molecule has 0 spiro atoms. The average Bonchev–Trinajstić information content (AvgIpc) is 2.26. The lowest BCUT2D eigenvalue weighted by molar-refractivity contribution is 0.405. The summed E-state index contributed by atoms with van der Waals surface area (Å²) in [5, 5.41) is 9.04. The Bertz CT molecular complexity index is 537. The summed E-state index contributed by atoms with van der Waals surface area (Å²) in [6.45, 7) is 0. The number of hydrogen-bond acceptors (Lipinski definition) is 3. The van der Waals surface area contributed by atoms with Crippen LogP contribution in [0.5, 0.6) is 5.88 Å². The summed E-state index contributed by atoms with van der Waals surface area (Å²) in [6, 6.07) is 8.67. The van der Waals surface area contributed by atoms with Crippen LogP contribution in [-0.4, -0.2) is 15.1 Å². The molecule has 0 saturated carbocycles. The first-order valence-corrected chi connectivity index (χ1v) is 4.22. The second-order valence-electron chi connectivity index (χ2n) is 2.92. The van der Waals surface area contributed by atoms with Crippen molar-refractivity contribution in [1.29, 1.82) is 0 Å². The van der Waals surface area contributed by atoms with Crippen LogP contribution in [0.4, 0.5) is 4.39 Å². The molecule has 1 heterocycles. The molecule has 0 aliphatic rings. The molecular formula is C10H7FN2O2. The molecule has 1 aromatic carbocycles. The van der Waals surface area contributed by atoms with Gasteiger partial charge in [0.1, 0.15) is 5.82 Å². The Morgan fingerprint density at radius 3 is 2.53 bits per heavy atom. The molecule has 5 heteroatoms. The molecule has 1 aromatic heterocycles. The van der Waals surface area contributed by atoms with Gasteiger partial charge < -0.3 is 10.1 Å². The lowest BCUT2D eigenvalue weighted by Crippen LogP contribution is -2.13. The number of halogens is 1. The van der Waals surface area contributed by atoms with E-state index in [1.54, 1.807) is 30.3 Å². The van der Waals surface area contributed by atoms with Crippen molar-refractivity contribution in [3.05, 3.63) is 46.5 Å². The molecule has 0 atom stereocenters. The fourth-order valence-electron chi connectivity index (χ4n) is 1.18. The van der Waals surface area contributed by atoms with E-state index in [1.165, 1.54) is 0 Å². The monoisotopic (exact) mass is 206 g/mol. The molecule has 0 unspecified atom stereocenters. The van der Waals surface area contributed by atoms with Gasteiger partial charge in [0, 0.05) is 5.56 Å². The van der Waals surface area contributed by atoms with Crippen LogP contribution in [0.15, 0.2) is 35.1 Å². The van der Waals surface area contributed by atoms with Crippen molar-refractivity contribution < 1.29 is 9.50 Å². The highest BCUT2D eigenvalue weighted by atomic mass is 19.1. The van der Waals surface area contributed by atoms with E-state index in [-0.39, 0.29) is 5.82 Å². The summed E-state index contributed by atoms with van der Waals surface area (Å²) in [5.74, 6) is -2.02. The van der Waals surface area contributed by atoms with Gasteiger partial charge in [-0.1, -0.05) is 30.3 Å². The van der Waals surface area contributed by atoms with Crippen molar-refractivity contribution in [3.63, 3.8) is 0 Å². The lowest BCUT2D eigenvalue weighted by atomic mass is 10.2. The van der Waals surface area contributed by atoms with E-state index in [1.807, 2.05) is 0 Å². The summed E-state index contributed by atoms with van der Waals surface area (Å²) < 4.78 is 12.8. The van der Waals surface area contributed by atoms with Gasteiger partial charge in [0.15, 0.2) is 0 Å². The molecule has 0 aliphatic carbocycles. The van der Waals surface area contributed by atoms with Crippen LogP contribution < -0.4 is 5.56 Å². The number of benzene rings is 1. The molecule has 0 radical (unpaired) electrons. The number of aromatic hydroxyl groups is 1. The van der Waals surface area contributed by atoms with Gasteiger partial charge in [-0.2, -0.15) is 9.37 Å². The molecule has 2 N–H and O–H groups in total. The van der Waals surface area contributed by atoms with Gasteiger partial charge in [-0.05, 0) is 0 Å². The highest BCUT2D eigenvalue weighted by molar-refractivity contribution is 5.54. The predicted molar refractivity (Wildman–Crippen MR) is 51.9 cm³/mol. The quantitative estimate of drug-likeness (QED) is 0.738. The van der Waals surface area contributed by atoms with E-state index in [2.05, 4.69) is 9.97 Å². The van der Waals surface area contributed by atoms with Crippen LogP contribution in [0, 0.1) is 5.82 Å². The maximum atomic E-state index is 12.8. The minimum atomic E-state index is -1.27. The van der Waals surface area contributed by atoms with Crippen LogP contribution in [0.25, 0.3) is 11.4 Å². The van der Waals surface area contributed by atoms with Gasteiger partial charge in [-0.3, -0.25) is 4.79 Å². The van der Waals surface area contributed by atoms with E-state index in [4.69, 9.17) is 5.11 Å². The molecule has 4 nitrogen and oxygen atoms in total. The zero-order valence-electron chi connectivity index (χ0n) is 7.57. The topological polar surface area (TPSA) is 66.0 Å². The normalized spacial score (nSPS) is 10.2. The number of aromatic amines is 1. The Morgan fingerprint density at radius 2 is 1.93 bits per heavy atom. The Kier molecular flexibility index (Phi) is 2.21. The molecule has 76 valence electrons. The first-order chi connectivity index (χ1) is 7.18. The van der Waals surface area contributed by atoms with E-state index >= 15 is 0 Å². The smallest absolute Gasteiger partial charge is 0.291 e. The largest absolute Gasteiger partial charge is 0.491 e. The molecule has 0 aliphatic heterocycles. The third kappa shape index (κ3) is 1.71. The Balaban J connectivity index is 2.61. The highest BCUT2D eigenvalue weighted by Gasteiger charge is 2.10. The predicted octanol–water partition coefficient (Wildman–Crippen LogP) is 1.28. The van der Waals surface area contributed by atoms with Crippen LogP contribution in [-0.2, 0) is 0 Å². The van der Waals surface area contributed by atoms with Crippen molar-refractivity contribution >= 4 is 0 Å². The Morgan fingerprint density at radius 1 is 1.27 bits per heavy atom. The summed E-state index contributed by atoms with van der Waals surface area (Å²) >= 11 is 0. The zero-order valence-corrected chi connectivity index (χ0v) is 7.57. The second-order valence-corrected chi connectivity index (χ2v) is 2.92. The fourth-order valence-corrected chi connectivity index (χ4v) is 1.18. The van der Waals surface area contributed by atoms with E-state index < -0.39 is 17.3 Å². The van der Waals surface area contributed by atoms with E-state index in [0.717, 1.165) is 0 Å². The van der Waals surface area contributed by atoms with E-state index in [0.29, 0.717) is 5.56 Å². The first-order valence-electron chi connectivity index (χ1n) is 4.22. The van der Waals surface area contributed by atoms with Crippen LogP contribution >= 0.6 is 0 Å². The van der Waals surface area contributed by atoms with Crippen LogP contribution in [0.2, 0.25) is 0 Å². The summed E-state index contributed by atoms with van der Waals surface area (Å²) in [4.78, 5) is 16.8. The third-order valence-corrected chi connectivity index (χ3v) is 1.89. The van der Waals surface area contributed by atoms with Crippen molar-refractivity contribution in [2.75, 3.05) is 0 Å². The summed E-state index contributed by atoms with van der Waals surface area (Å²) in [6.07, 6.45) is 0. The van der Waals surface area contributed by atoms with Crippen LogP contribution in [0.1, 0.15) is 0 Å².